The van der Waals surface area contributed by atoms with Gasteiger partial charge in [-0.2, -0.15) is 0 Å². The zero-order valence-electron chi connectivity index (χ0n) is 10.9. The maximum atomic E-state index is 13.7. The molecule has 0 N–H and O–H groups in total. The Labute approximate surface area is 122 Å². The van der Waals surface area contributed by atoms with E-state index < -0.39 is 0 Å². The lowest BCUT2D eigenvalue weighted by atomic mass is 10.0. The van der Waals surface area contributed by atoms with Gasteiger partial charge in [0.15, 0.2) is 0 Å². The van der Waals surface area contributed by atoms with Crippen LogP contribution in [0.1, 0.15) is 16.5 Å². The third kappa shape index (κ3) is 2.68. The molecule has 0 amide bonds. The van der Waals surface area contributed by atoms with E-state index in [0.29, 0.717) is 12.0 Å². The summed E-state index contributed by atoms with van der Waals surface area (Å²) < 4.78 is 13.7. The minimum Gasteiger partial charge on any atom is -0.207 e. The number of benzene rings is 3. The van der Waals surface area contributed by atoms with Crippen molar-refractivity contribution in [3.05, 3.63) is 83.7 Å². The van der Waals surface area contributed by atoms with Crippen molar-refractivity contribution in [3.63, 3.8) is 0 Å². The molecule has 3 rings (SSSR count). The first-order chi connectivity index (χ1) is 9.74. The Morgan fingerprint density at radius 3 is 2.35 bits per heavy atom. The van der Waals surface area contributed by atoms with E-state index in [2.05, 4.69) is 24.3 Å². The fourth-order valence-electron chi connectivity index (χ4n) is 2.38. The predicted octanol–water partition coefficient (Wildman–Crippen LogP) is 5.50. The van der Waals surface area contributed by atoms with Crippen molar-refractivity contribution >= 4 is 22.4 Å². The smallest absolute Gasteiger partial charge is 0.126 e. The Hall–Kier alpha value is -1.86. The van der Waals surface area contributed by atoms with Crippen molar-refractivity contribution < 1.29 is 4.39 Å². The number of fused-ring (bicyclic) bond motifs is 1. The van der Waals surface area contributed by atoms with Crippen LogP contribution >= 0.6 is 11.6 Å². The molecule has 0 aliphatic heterocycles. The molecule has 0 bridgehead atoms. The van der Waals surface area contributed by atoms with Crippen molar-refractivity contribution in [2.75, 3.05) is 0 Å². The molecule has 0 aromatic heterocycles. The first-order valence-electron chi connectivity index (χ1n) is 6.60. The number of hydrogen-bond donors (Lipinski definition) is 0. The van der Waals surface area contributed by atoms with E-state index in [1.165, 1.54) is 11.5 Å². The van der Waals surface area contributed by atoms with Crippen LogP contribution in [0.3, 0.4) is 0 Å². The molecular weight excluding hydrogens is 271 g/mol. The minimum absolute atomic E-state index is 0.195. The van der Waals surface area contributed by atoms with Crippen molar-refractivity contribution in [3.8, 4) is 0 Å². The molecule has 0 aliphatic rings. The van der Waals surface area contributed by atoms with Crippen molar-refractivity contribution in [2.24, 2.45) is 0 Å². The van der Waals surface area contributed by atoms with Crippen LogP contribution in [0.25, 0.3) is 10.8 Å². The molecule has 3 aromatic carbocycles. The van der Waals surface area contributed by atoms with Gasteiger partial charge in [-0.3, -0.25) is 0 Å². The van der Waals surface area contributed by atoms with E-state index in [4.69, 9.17) is 11.6 Å². The second-order valence-corrected chi connectivity index (χ2v) is 5.40. The van der Waals surface area contributed by atoms with Gasteiger partial charge in [0.25, 0.3) is 0 Å². The summed E-state index contributed by atoms with van der Waals surface area (Å²) in [7, 11) is 0. The minimum atomic E-state index is -0.225. The number of rotatable bonds is 3. The average molecular weight is 285 g/mol. The summed E-state index contributed by atoms with van der Waals surface area (Å²) in [6.45, 7) is 0. The summed E-state index contributed by atoms with van der Waals surface area (Å²) in [5, 5.41) is 2.12. The van der Waals surface area contributed by atoms with Gasteiger partial charge in [0.2, 0.25) is 0 Å². The molecule has 0 radical (unpaired) electrons. The van der Waals surface area contributed by atoms with Crippen LogP contribution in [0.15, 0.2) is 66.7 Å². The van der Waals surface area contributed by atoms with Crippen LogP contribution < -0.4 is 0 Å². The van der Waals surface area contributed by atoms with Crippen LogP contribution in [0.4, 0.5) is 4.39 Å². The molecule has 0 saturated heterocycles. The summed E-state index contributed by atoms with van der Waals surface area (Å²) in [6.07, 6.45) is 0.493. The SMILES string of the molecule is Fc1ccccc1CC(Cl)c1ccc2ccccc2c1. The third-order valence-corrected chi connectivity index (χ3v) is 3.90. The van der Waals surface area contributed by atoms with Gasteiger partial charge in [-0.15, -0.1) is 11.6 Å². The zero-order chi connectivity index (χ0) is 13.9. The van der Waals surface area contributed by atoms with Gasteiger partial charge in [-0.05, 0) is 40.5 Å². The standard InChI is InChI=1S/C18H14ClF/c19-17(12-16-7-3-4-8-18(16)20)15-10-9-13-5-1-2-6-14(13)11-15/h1-11,17H,12H2. The maximum Gasteiger partial charge on any atom is 0.126 e. The molecule has 0 aliphatic carbocycles. The van der Waals surface area contributed by atoms with E-state index >= 15 is 0 Å². The van der Waals surface area contributed by atoms with Gasteiger partial charge in [0.1, 0.15) is 5.82 Å². The van der Waals surface area contributed by atoms with Gasteiger partial charge < -0.3 is 0 Å². The van der Waals surface area contributed by atoms with Crippen LogP contribution in [0, 0.1) is 5.82 Å². The maximum absolute atomic E-state index is 13.7. The summed E-state index contributed by atoms with van der Waals surface area (Å²) in [5.41, 5.74) is 1.68. The summed E-state index contributed by atoms with van der Waals surface area (Å²) in [5.74, 6) is -0.195. The molecule has 0 saturated carbocycles. The summed E-state index contributed by atoms with van der Waals surface area (Å²) >= 11 is 6.45. The van der Waals surface area contributed by atoms with Gasteiger partial charge in [0.05, 0.1) is 5.38 Å². The highest BCUT2D eigenvalue weighted by atomic mass is 35.5. The normalized spacial score (nSPS) is 12.5. The molecule has 0 fully saturated rings. The second-order valence-electron chi connectivity index (χ2n) is 4.87. The zero-order valence-corrected chi connectivity index (χ0v) is 11.6. The lowest BCUT2D eigenvalue weighted by Crippen LogP contribution is -1.98. The molecular formula is C18H14ClF. The highest BCUT2D eigenvalue weighted by Gasteiger charge is 2.12. The fourth-order valence-corrected chi connectivity index (χ4v) is 2.68. The number of halogens is 2. The highest BCUT2D eigenvalue weighted by Crippen LogP contribution is 2.28. The van der Waals surface area contributed by atoms with E-state index in [0.717, 1.165) is 10.9 Å². The molecule has 3 aromatic rings. The van der Waals surface area contributed by atoms with Gasteiger partial charge in [-0.25, -0.2) is 4.39 Å². The largest absolute Gasteiger partial charge is 0.207 e. The molecule has 2 heteroatoms. The van der Waals surface area contributed by atoms with E-state index in [9.17, 15) is 4.39 Å². The van der Waals surface area contributed by atoms with Crippen molar-refractivity contribution in [1.82, 2.24) is 0 Å². The molecule has 100 valence electrons. The van der Waals surface area contributed by atoms with Crippen LogP contribution in [0.2, 0.25) is 0 Å². The average Bonchev–Trinajstić information content (AvgIpc) is 2.49. The third-order valence-electron chi connectivity index (χ3n) is 3.49. The lowest BCUT2D eigenvalue weighted by Gasteiger charge is -2.11. The number of hydrogen-bond acceptors (Lipinski definition) is 0. The molecule has 0 spiro atoms. The Bertz CT molecular complexity index is 736. The monoisotopic (exact) mass is 284 g/mol. The van der Waals surface area contributed by atoms with Gasteiger partial charge in [-0.1, -0.05) is 54.6 Å². The first-order valence-corrected chi connectivity index (χ1v) is 7.04. The second kappa shape index (κ2) is 5.64. The molecule has 1 unspecified atom stereocenters. The summed E-state index contributed by atoms with van der Waals surface area (Å²) in [6, 6.07) is 21.1. The molecule has 1 atom stereocenters. The van der Waals surface area contributed by atoms with E-state index in [-0.39, 0.29) is 11.2 Å². The summed E-state index contributed by atoms with van der Waals surface area (Å²) in [4.78, 5) is 0. The molecule has 20 heavy (non-hydrogen) atoms. The quantitative estimate of drug-likeness (QED) is 0.557. The van der Waals surface area contributed by atoms with Crippen LogP contribution in [0.5, 0.6) is 0 Å². The Morgan fingerprint density at radius 1 is 0.850 bits per heavy atom. The van der Waals surface area contributed by atoms with Gasteiger partial charge >= 0.3 is 0 Å². The Balaban J connectivity index is 1.89. The van der Waals surface area contributed by atoms with E-state index in [1.807, 2.05) is 24.3 Å². The number of alkyl halides is 1. The van der Waals surface area contributed by atoms with Crippen molar-refractivity contribution in [2.45, 2.75) is 11.8 Å². The Kier molecular flexibility index (Phi) is 3.70. The highest BCUT2D eigenvalue weighted by molar-refractivity contribution is 6.21. The topological polar surface area (TPSA) is 0 Å². The van der Waals surface area contributed by atoms with Gasteiger partial charge in [0, 0.05) is 0 Å². The predicted molar refractivity (Wildman–Crippen MR) is 82.6 cm³/mol. The van der Waals surface area contributed by atoms with Crippen LogP contribution in [-0.2, 0) is 6.42 Å². The Morgan fingerprint density at radius 2 is 1.55 bits per heavy atom. The fraction of sp³-hybridized carbons (Fsp3) is 0.111. The molecule has 0 nitrogen and oxygen atoms in total. The van der Waals surface area contributed by atoms with Crippen molar-refractivity contribution in [1.29, 1.82) is 0 Å². The lowest BCUT2D eigenvalue weighted by molar-refractivity contribution is 0.607. The van der Waals surface area contributed by atoms with Crippen LogP contribution in [-0.4, -0.2) is 0 Å². The van der Waals surface area contributed by atoms with E-state index in [1.54, 1.807) is 12.1 Å². The first kappa shape index (κ1) is 13.1. The molecule has 0 heterocycles.